The minimum Gasteiger partial charge on any atom is -0.493 e. The highest BCUT2D eigenvalue weighted by Gasteiger charge is 2.22. The molecule has 1 heterocycles. The van der Waals surface area contributed by atoms with Crippen molar-refractivity contribution in [1.29, 1.82) is 5.26 Å². The van der Waals surface area contributed by atoms with Crippen LogP contribution in [0.1, 0.15) is 18.5 Å². The van der Waals surface area contributed by atoms with Crippen LogP contribution < -0.4 is 10.1 Å². The van der Waals surface area contributed by atoms with Crippen LogP contribution in [0.3, 0.4) is 0 Å². The predicted molar refractivity (Wildman–Crippen MR) is 78.1 cm³/mol. The van der Waals surface area contributed by atoms with Gasteiger partial charge < -0.3 is 10.1 Å². The molecule has 1 aromatic carbocycles. The predicted octanol–water partition coefficient (Wildman–Crippen LogP) is 2.32. The molecule has 1 N–H and O–H groups in total. The first-order valence-electron chi connectivity index (χ1n) is 6.53. The Hall–Kier alpha value is -1.09. The zero-order valence-electron chi connectivity index (χ0n) is 11.0. The van der Waals surface area contributed by atoms with E-state index in [-0.39, 0.29) is 6.04 Å². The van der Waals surface area contributed by atoms with Crippen molar-refractivity contribution < 1.29 is 4.74 Å². The van der Waals surface area contributed by atoms with Gasteiger partial charge in [0.2, 0.25) is 0 Å². The van der Waals surface area contributed by atoms with Gasteiger partial charge >= 0.3 is 0 Å². The largest absolute Gasteiger partial charge is 0.493 e. The molecule has 1 fully saturated rings. The van der Waals surface area contributed by atoms with Crippen LogP contribution in [0.15, 0.2) is 22.7 Å². The maximum absolute atomic E-state index is 9.44. The molecule has 1 aliphatic rings. The van der Waals surface area contributed by atoms with Crippen LogP contribution >= 0.6 is 15.9 Å². The van der Waals surface area contributed by atoms with E-state index in [1.165, 1.54) is 0 Å². The van der Waals surface area contributed by atoms with Crippen LogP contribution in [0.4, 0.5) is 0 Å². The Kier molecular flexibility index (Phi) is 5.20. The van der Waals surface area contributed by atoms with Crippen LogP contribution in [0.2, 0.25) is 0 Å². The van der Waals surface area contributed by atoms with Gasteiger partial charge in [0, 0.05) is 26.2 Å². The summed E-state index contributed by atoms with van der Waals surface area (Å²) in [5, 5.41) is 12.7. The van der Waals surface area contributed by atoms with E-state index in [0.717, 1.165) is 42.0 Å². The number of hydrogen-bond acceptors (Lipinski definition) is 4. The second-order valence-electron chi connectivity index (χ2n) is 4.44. The highest BCUT2D eigenvalue weighted by molar-refractivity contribution is 9.10. The van der Waals surface area contributed by atoms with Gasteiger partial charge in [-0.15, -0.1) is 0 Å². The van der Waals surface area contributed by atoms with E-state index < -0.39 is 0 Å². The van der Waals surface area contributed by atoms with Gasteiger partial charge in [0.05, 0.1) is 17.1 Å². The van der Waals surface area contributed by atoms with E-state index in [4.69, 9.17) is 4.74 Å². The quantitative estimate of drug-likeness (QED) is 0.923. The monoisotopic (exact) mass is 323 g/mol. The van der Waals surface area contributed by atoms with Crippen molar-refractivity contribution in [2.24, 2.45) is 0 Å². The number of piperazine rings is 1. The number of nitrogens with zero attached hydrogens (tertiary/aromatic N) is 2. The van der Waals surface area contributed by atoms with Gasteiger partial charge in [-0.3, -0.25) is 4.90 Å². The van der Waals surface area contributed by atoms with E-state index in [2.05, 4.69) is 32.2 Å². The van der Waals surface area contributed by atoms with Crippen molar-refractivity contribution in [2.75, 3.05) is 32.8 Å². The van der Waals surface area contributed by atoms with Crippen LogP contribution in [-0.4, -0.2) is 37.7 Å². The Morgan fingerprint density at radius 1 is 1.47 bits per heavy atom. The van der Waals surface area contributed by atoms with Crippen LogP contribution in [0.25, 0.3) is 0 Å². The summed E-state index contributed by atoms with van der Waals surface area (Å²) in [6.45, 7) is 6.29. The Morgan fingerprint density at radius 2 is 2.21 bits per heavy atom. The molecule has 1 aromatic rings. The first-order chi connectivity index (χ1) is 9.26. The summed E-state index contributed by atoms with van der Waals surface area (Å²) >= 11 is 3.50. The molecule has 0 bridgehead atoms. The van der Waals surface area contributed by atoms with E-state index in [1.807, 2.05) is 25.1 Å². The number of benzene rings is 1. The molecule has 102 valence electrons. The lowest BCUT2D eigenvalue weighted by atomic mass is 10.1. The van der Waals surface area contributed by atoms with Crippen LogP contribution in [0.5, 0.6) is 5.75 Å². The lowest BCUT2D eigenvalue weighted by Crippen LogP contribution is -2.44. The Bertz CT molecular complexity index is 466. The Labute approximate surface area is 122 Å². The normalized spacial score (nSPS) is 17.7. The Balaban J connectivity index is 2.19. The fraction of sp³-hybridized carbons (Fsp3) is 0.500. The standard InChI is InChI=1S/C14H18BrN3O/c1-2-19-14-4-3-11(9-12(14)15)13(10-16)18-7-5-17-6-8-18/h3-4,9,13,17H,2,5-8H2,1H3. The molecule has 0 amide bonds. The fourth-order valence-corrected chi connectivity index (χ4v) is 2.78. The van der Waals surface area contributed by atoms with Gasteiger partial charge in [0.1, 0.15) is 11.8 Å². The smallest absolute Gasteiger partial charge is 0.133 e. The number of nitriles is 1. The summed E-state index contributed by atoms with van der Waals surface area (Å²) in [6, 6.07) is 8.11. The number of rotatable bonds is 4. The third-order valence-electron chi connectivity index (χ3n) is 3.21. The third-order valence-corrected chi connectivity index (χ3v) is 3.83. The van der Waals surface area contributed by atoms with Crippen LogP contribution in [-0.2, 0) is 0 Å². The van der Waals surface area contributed by atoms with Gasteiger partial charge in [-0.2, -0.15) is 5.26 Å². The molecule has 1 saturated heterocycles. The minimum absolute atomic E-state index is 0.186. The molecular formula is C14H18BrN3O. The number of hydrogen-bond donors (Lipinski definition) is 1. The highest BCUT2D eigenvalue weighted by atomic mass is 79.9. The summed E-state index contributed by atoms with van der Waals surface area (Å²) < 4.78 is 6.40. The molecule has 1 aliphatic heterocycles. The zero-order chi connectivity index (χ0) is 13.7. The maximum atomic E-state index is 9.44. The average Bonchev–Trinajstić information content (AvgIpc) is 2.44. The molecule has 0 aromatic heterocycles. The second kappa shape index (κ2) is 6.90. The van der Waals surface area contributed by atoms with Gasteiger partial charge in [0.15, 0.2) is 0 Å². The molecule has 4 nitrogen and oxygen atoms in total. The lowest BCUT2D eigenvalue weighted by molar-refractivity contribution is 0.207. The van der Waals surface area contributed by atoms with Gasteiger partial charge in [0.25, 0.3) is 0 Å². The highest BCUT2D eigenvalue weighted by Crippen LogP contribution is 2.30. The second-order valence-corrected chi connectivity index (χ2v) is 5.29. The van der Waals surface area contributed by atoms with E-state index >= 15 is 0 Å². The third kappa shape index (κ3) is 3.47. The lowest BCUT2D eigenvalue weighted by Gasteiger charge is -2.31. The summed E-state index contributed by atoms with van der Waals surface area (Å²) in [4.78, 5) is 2.21. The van der Waals surface area contributed by atoms with Crippen LogP contribution in [0, 0.1) is 11.3 Å². The van der Waals surface area contributed by atoms with Crippen molar-refractivity contribution in [1.82, 2.24) is 10.2 Å². The molecule has 19 heavy (non-hydrogen) atoms. The van der Waals surface area contributed by atoms with Crippen molar-refractivity contribution >= 4 is 15.9 Å². The van der Waals surface area contributed by atoms with E-state index in [0.29, 0.717) is 6.61 Å². The molecule has 0 saturated carbocycles. The fourth-order valence-electron chi connectivity index (χ4n) is 2.27. The van der Waals surface area contributed by atoms with Crippen molar-refractivity contribution in [3.63, 3.8) is 0 Å². The van der Waals surface area contributed by atoms with Gasteiger partial charge in [-0.05, 0) is 40.5 Å². The molecule has 1 atom stereocenters. The van der Waals surface area contributed by atoms with Crippen molar-refractivity contribution in [3.8, 4) is 11.8 Å². The zero-order valence-corrected chi connectivity index (χ0v) is 12.6. The first-order valence-corrected chi connectivity index (χ1v) is 7.32. The topological polar surface area (TPSA) is 48.3 Å². The summed E-state index contributed by atoms with van der Waals surface area (Å²) in [7, 11) is 0. The molecule has 0 spiro atoms. The number of ether oxygens (including phenoxy) is 1. The summed E-state index contributed by atoms with van der Waals surface area (Å²) in [6.07, 6.45) is 0. The van der Waals surface area contributed by atoms with E-state index in [1.54, 1.807) is 0 Å². The average molecular weight is 324 g/mol. The SMILES string of the molecule is CCOc1ccc(C(C#N)N2CCNCC2)cc1Br. The molecule has 0 radical (unpaired) electrons. The first kappa shape index (κ1) is 14.3. The van der Waals surface area contributed by atoms with Gasteiger partial charge in [-0.1, -0.05) is 6.07 Å². The van der Waals surface area contributed by atoms with E-state index in [9.17, 15) is 5.26 Å². The number of halogens is 1. The number of nitrogens with one attached hydrogen (secondary N) is 1. The maximum Gasteiger partial charge on any atom is 0.133 e. The molecule has 2 rings (SSSR count). The van der Waals surface area contributed by atoms with Crippen molar-refractivity contribution in [2.45, 2.75) is 13.0 Å². The molecule has 1 unspecified atom stereocenters. The summed E-state index contributed by atoms with van der Waals surface area (Å²) in [5.41, 5.74) is 1.01. The summed E-state index contributed by atoms with van der Waals surface area (Å²) in [5.74, 6) is 0.822. The molecule has 0 aliphatic carbocycles. The van der Waals surface area contributed by atoms with Crippen molar-refractivity contribution in [3.05, 3.63) is 28.2 Å². The molecular weight excluding hydrogens is 306 g/mol. The molecule has 5 heteroatoms. The Morgan fingerprint density at radius 3 is 2.79 bits per heavy atom. The van der Waals surface area contributed by atoms with Gasteiger partial charge in [-0.25, -0.2) is 0 Å². The minimum atomic E-state index is -0.186.